The van der Waals surface area contributed by atoms with Crippen LogP contribution in [0.3, 0.4) is 0 Å². The summed E-state index contributed by atoms with van der Waals surface area (Å²) in [6, 6.07) is 20.3. The van der Waals surface area contributed by atoms with Gasteiger partial charge in [-0.2, -0.15) is 0 Å². The summed E-state index contributed by atoms with van der Waals surface area (Å²) in [6.45, 7) is 0.289. The van der Waals surface area contributed by atoms with E-state index in [9.17, 15) is 4.79 Å². The van der Waals surface area contributed by atoms with Crippen molar-refractivity contribution in [2.45, 2.75) is 0 Å². The standard InChI is InChI=1S/C19H12O2.C4H6O3/c1-2-4-17-11-14(7-9-16(17)3-1)5-6-15-8-10-18-19(12-15)21-13-20-18;1-7-3-2-4(5)6/h1-4,7-12H,13H2;2-3H,1H3,(H,5,6). The minimum absolute atomic E-state index is 0.289. The third-order valence-electron chi connectivity index (χ3n) is 3.82. The van der Waals surface area contributed by atoms with E-state index in [1.54, 1.807) is 0 Å². The minimum atomic E-state index is -0.998. The van der Waals surface area contributed by atoms with Crippen LogP contribution in [-0.4, -0.2) is 25.0 Å². The first-order chi connectivity index (χ1) is 13.7. The Bertz CT molecular complexity index is 1070. The van der Waals surface area contributed by atoms with E-state index in [2.05, 4.69) is 40.8 Å². The average Bonchev–Trinajstić information content (AvgIpc) is 3.19. The van der Waals surface area contributed by atoms with Gasteiger partial charge in [0.25, 0.3) is 0 Å². The number of carbonyl (C=O) groups is 1. The summed E-state index contributed by atoms with van der Waals surface area (Å²) in [5.41, 5.74) is 1.93. The summed E-state index contributed by atoms with van der Waals surface area (Å²) in [6.07, 6.45) is 2.02. The van der Waals surface area contributed by atoms with Gasteiger partial charge in [0.05, 0.1) is 19.4 Å². The van der Waals surface area contributed by atoms with Crippen molar-refractivity contribution in [3.63, 3.8) is 0 Å². The fourth-order valence-electron chi connectivity index (χ4n) is 2.51. The maximum Gasteiger partial charge on any atom is 0.331 e. The SMILES string of the molecule is C(#Cc1ccc2ccccc2c1)c1ccc2c(c1)OCO2.COC=CC(=O)O. The van der Waals surface area contributed by atoms with Crippen molar-refractivity contribution < 1.29 is 24.1 Å². The third-order valence-corrected chi connectivity index (χ3v) is 3.82. The largest absolute Gasteiger partial charge is 0.504 e. The Kier molecular flexibility index (Phi) is 6.17. The predicted molar refractivity (Wildman–Crippen MR) is 106 cm³/mol. The quantitative estimate of drug-likeness (QED) is 0.414. The van der Waals surface area contributed by atoms with Crippen LogP contribution in [-0.2, 0) is 9.53 Å². The van der Waals surface area contributed by atoms with Crippen molar-refractivity contribution in [3.05, 3.63) is 84.1 Å². The number of hydrogen-bond acceptors (Lipinski definition) is 4. The molecular weight excluding hydrogens is 356 g/mol. The molecule has 0 unspecified atom stereocenters. The Hall–Kier alpha value is -3.91. The predicted octanol–water partition coefficient (Wildman–Crippen LogP) is 4.20. The van der Waals surface area contributed by atoms with Crippen LogP contribution in [0.1, 0.15) is 11.1 Å². The number of carboxylic acid groups (broad SMARTS) is 1. The molecule has 0 saturated carbocycles. The van der Waals surface area contributed by atoms with Gasteiger partial charge in [-0.25, -0.2) is 4.79 Å². The molecule has 0 aromatic heterocycles. The van der Waals surface area contributed by atoms with Gasteiger partial charge in [0.15, 0.2) is 11.5 Å². The second-order valence-corrected chi connectivity index (χ2v) is 5.76. The van der Waals surface area contributed by atoms with E-state index in [4.69, 9.17) is 14.6 Å². The number of hydrogen-bond donors (Lipinski definition) is 1. The highest BCUT2D eigenvalue weighted by molar-refractivity contribution is 5.83. The zero-order valence-electron chi connectivity index (χ0n) is 15.2. The monoisotopic (exact) mass is 374 g/mol. The van der Waals surface area contributed by atoms with E-state index in [1.165, 1.54) is 17.9 Å². The number of methoxy groups -OCH3 is 1. The molecule has 4 rings (SSSR count). The molecule has 0 spiro atoms. The van der Waals surface area contributed by atoms with Crippen molar-refractivity contribution in [1.82, 2.24) is 0 Å². The Morgan fingerprint density at radius 2 is 1.64 bits per heavy atom. The zero-order valence-corrected chi connectivity index (χ0v) is 15.2. The molecule has 1 aliphatic heterocycles. The molecule has 1 N–H and O–H groups in total. The van der Waals surface area contributed by atoms with Crippen molar-refractivity contribution in [1.29, 1.82) is 0 Å². The summed E-state index contributed by atoms with van der Waals surface area (Å²) in [5, 5.41) is 10.3. The summed E-state index contributed by atoms with van der Waals surface area (Å²) >= 11 is 0. The first-order valence-electron chi connectivity index (χ1n) is 8.48. The summed E-state index contributed by atoms with van der Waals surface area (Å²) in [5.74, 6) is 6.92. The highest BCUT2D eigenvalue weighted by Crippen LogP contribution is 2.32. The number of ether oxygens (including phenoxy) is 3. The van der Waals surface area contributed by atoms with E-state index < -0.39 is 5.97 Å². The maximum atomic E-state index is 9.59. The van der Waals surface area contributed by atoms with Gasteiger partial charge < -0.3 is 19.3 Å². The highest BCUT2D eigenvalue weighted by atomic mass is 16.7. The van der Waals surface area contributed by atoms with Crippen LogP contribution < -0.4 is 9.47 Å². The number of carboxylic acids is 1. The maximum absolute atomic E-state index is 9.59. The van der Waals surface area contributed by atoms with Crippen LogP contribution in [0.5, 0.6) is 11.5 Å². The summed E-state index contributed by atoms with van der Waals surface area (Å²) < 4.78 is 14.9. The highest BCUT2D eigenvalue weighted by Gasteiger charge is 2.12. The fraction of sp³-hybridized carbons (Fsp3) is 0.0870. The summed E-state index contributed by atoms with van der Waals surface area (Å²) in [4.78, 5) is 9.59. The van der Waals surface area contributed by atoms with Crippen LogP contribution in [0.2, 0.25) is 0 Å². The van der Waals surface area contributed by atoms with Gasteiger partial charge in [-0.3, -0.25) is 0 Å². The Labute approximate surface area is 162 Å². The average molecular weight is 374 g/mol. The number of aliphatic carboxylic acids is 1. The number of rotatable bonds is 2. The van der Waals surface area contributed by atoms with Crippen LogP contribution in [0.4, 0.5) is 0 Å². The van der Waals surface area contributed by atoms with Gasteiger partial charge in [-0.05, 0) is 41.1 Å². The molecule has 0 atom stereocenters. The first-order valence-corrected chi connectivity index (χ1v) is 8.48. The molecule has 0 radical (unpaired) electrons. The number of fused-ring (bicyclic) bond motifs is 2. The van der Waals surface area contributed by atoms with Gasteiger partial charge in [0.2, 0.25) is 6.79 Å². The van der Waals surface area contributed by atoms with E-state index in [0.717, 1.165) is 35.0 Å². The molecule has 3 aromatic carbocycles. The molecule has 1 aliphatic rings. The molecule has 0 amide bonds. The minimum Gasteiger partial charge on any atom is -0.504 e. The van der Waals surface area contributed by atoms with Gasteiger partial charge in [0, 0.05) is 11.1 Å². The molecule has 0 bridgehead atoms. The molecule has 3 aromatic rings. The van der Waals surface area contributed by atoms with Gasteiger partial charge in [-0.15, -0.1) is 0 Å². The smallest absolute Gasteiger partial charge is 0.331 e. The van der Waals surface area contributed by atoms with Crippen LogP contribution in [0.15, 0.2) is 73.0 Å². The Morgan fingerprint density at radius 3 is 2.36 bits per heavy atom. The molecule has 5 heteroatoms. The molecule has 0 fully saturated rings. The molecule has 1 heterocycles. The molecule has 5 nitrogen and oxygen atoms in total. The summed E-state index contributed by atoms with van der Waals surface area (Å²) in [7, 11) is 1.39. The second-order valence-electron chi connectivity index (χ2n) is 5.76. The van der Waals surface area contributed by atoms with E-state index in [0.29, 0.717) is 0 Å². The lowest BCUT2D eigenvalue weighted by molar-refractivity contribution is -0.131. The lowest BCUT2D eigenvalue weighted by Gasteiger charge is -1.98. The molecule has 0 aliphatic carbocycles. The van der Waals surface area contributed by atoms with Gasteiger partial charge in [0.1, 0.15) is 0 Å². The van der Waals surface area contributed by atoms with Gasteiger partial charge in [-0.1, -0.05) is 42.2 Å². The van der Waals surface area contributed by atoms with Crippen molar-refractivity contribution in [3.8, 4) is 23.3 Å². The van der Waals surface area contributed by atoms with Crippen molar-refractivity contribution >= 4 is 16.7 Å². The van der Waals surface area contributed by atoms with Crippen LogP contribution >= 0.6 is 0 Å². The van der Waals surface area contributed by atoms with E-state index >= 15 is 0 Å². The second kappa shape index (κ2) is 9.15. The van der Waals surface area contributed by atoms with Crippen LogP contribution in [0, 0.1) is 11.8 Å². The lowest BCUT2D eigenvalue weighted by Crippen LogP contribution is -1.92. The van der Waals surface area contributed by atoms with Crippen molar-refractivity contribution in [2.75, 3.05) is 13.9 Å². The molecule has 28 heavy (non-hydrogen) atoms. The fourth-order valence-corrected chi connectivity index (χ4v) is 2.51. The Balaban J connectivity index is 0.000000279. The first kappa shape index (κ1) is 18.9. The normalized spacial score (nSPS) is 11.3. The third kappa shape index (κ3) is 5.05. The zero-order chi connectivity index (χ0) is 19.8. The lowest BCUT2D eigenvalue weighted by atomic mass is 10.1. The van der Waals surface area contributed by atoms with E-state index in [-0.39, 0.29) is 6.79 Å². The van der Waals surface area contributed by atoms with Gasteiger partial charge >= 0.3 is 5.97 Å². The number of benzene rings is 3. The van der Waals surface area contributed by atoms with Crippen LogP contribution in [0.25, 0.3) is 10.8 Å². The van der Waals surface area contributed by atoms with Crippen molar-refractivity contribution in [2.24, 2.45) is 0 Å². The topological polar surface area (TPSA) is 65.0 Å². The van der Waals surface area contributed by atoms with E-state index in [1.807, 2.05) is 36.4 Å². The molecule has 0 saturated heterocycles. The molecular formula is C23H18O5. The molecule has 140 valence electrons. The Morgan fingerprint density at radius 1 is 0.964 bits per heavy atom.